The summed E-state index contributed by atoms with van der Waals surface area (Å²) in [5, 5.41) is 3.00. The van der Waals surface area contributed by atoms with Crippen molar-refractivity contribution in [3.05, 3.63) is 54.2 Å². The number of hydrogen-bond donors (Lipinski definition) is 1. The molecule has 5 heteroatoms. The van der Waals surface area contributed by atoms with Gasteiger partial charge in [0.05, 0.1) is 17.8 Å². The zero-order valence-electron chi connectivity index (χ0n) is 15.0. The van der Waals surface area contributed by atoms with E-state index in [9.17, 15) is 4.79 Å². The summed E-state index contributed by atoms with van der Waals surface area (Å²) < 4.78 is 0. The largest absolute Gasteiger partial charge is 0.354 e. The molecule has 1 aromatic heterocycles. The molecule has 2 heterocycles. The van der Waals surface area contributed by atoms with E-state index in [0.717, 1.165) is 49.7 Å². The van der Waals surface area contributed by atoms with Gasteiger partial charge in [-0.05, 0) is 31.2 Å². The van der Waals surface area contributed by atoms with Gasteiger partial charge in [0.25, 0.3) is 0 Å². The maximum atomic E-state index is 12.6. The number of hydrogen-bond acceptors (Lipinski definition) is 4. The molecule has 1 amide bonds. The van der Waals surface area contributed by atoms with E-state index < -0.39 is 0 Å². The number of aromatic nitrogens is 1. The van der Waals surface area contributed by atoms with Crippen LogP contribution in [0.3, 0.4) is 0 Å². The highest BCUT2D eigenvalue weighted by molar-refractivity contribution is 5.95. The lowest BCUT2D eigenvalue weighted by molar-refractivity contribution is -0.117. The van der Waals surface area contributed by atoms with E-state index in [1.54, 1.807) is 6.20 Å². The maximum absolute atomic E-state index is 12.6. The first-order valence-corrected chi connectivity index (χ1v) is 8.92. The Morgan fingerprint density at radius 2 is 1.84 bits per heavy atom. The molecular weight excluding hydrogens is 312 g/mol. The average molecular weight is 338 g/mol. The molecule has 1 N–H and O–H groups in total. The molecule has 5 nitrogen and oxygen atoms in total. The van der Waals surface area contributed by atoms with Gasteiger partial charge in [-0.1, -0.05) is 37.3 Å². The van der Waals surface area contributed by atoms with Crippen molar-refractivity contribution in [3.8, 4) is 0 Å². The van der Waals surface area contributed by atoms with Crippen molar-refractivity contribution in [2.75, 3.05) is 43.4 Å². The molecule has 25 heavy (non-hydrogen) atoms. The third-order valence-corrected chi connectivity index (χ3v) is 4.77. The lowest BCUT2D eigenvalue weighted by Crippen LogP contribution is -2.44. The first-order valence-electron chi connectivity index (χ1n) is 8.92. The fourth-order valence-electron chi connectivity index (χ4n) is 3.17. The molecule has 1 aliphatic rings. The van der Waals surface area contributed by atoms with E-state index >= 15 is 0 Å². The van der Waals surface area contributed by atoms with Crippen molar-refractivity contribution < 1.29 is 4.79 Å². The number of amides is 1. The van der Waals surface area contributed by atoms with E-state index in [2.05, 4.69) is 27.1 Å². The minimum Gasteiger partial charge on any atom is -0.354 e. The predicted molar refractivity (Wildman–Crippen MR) is 102 cm³/mol. The Balaban J connectivity index is 1.63. The second-order valence-corrected chi connectivity index (χ2v) is 6.56. The lowest BCUT2D eigenvalue weighted by atomic mass is 9.95. The van der Waals surface area contributed by atoms with Crippen molar-refractivity contribution in [1.29, 1.82) is 0 Å². The third kappa shape index (κ3) is 4.37. The van der Waals surface area contributed by atoms with Crippen LogP contribution in [0, 0.1) is 0 Å². The number of pyridine rings is 1. The van der Waals surface area contributed by atoms with E-state index in [0.29, 0.717) is 0 Å². The zero-order chi connectivity index (χ0) is 17.6. The maximum Gasteiger partial charge on any atom is 0.231 e. The Bertz CT molecular complexity index is 679. The number of likely N-dealkylation sites (N-methyl/N-ethyl adjacent to an activating group) is 1. The summed E-state index contributed by atoms with van der Waals surface area (Å²) in [4.78, 5) is 21.7. The zero-order valence-corrected chi connectivity index (χ0v) is 15.0. The molecule has 132 valence electrons. The Morgan fingerprint density at radius 1 is 1.12 bits per heavy atom. The summed E-state index contributed by atoms with van der Waals surface area (Å²) in [5.74, 6) is 0.850. The van der Waals surface area contributed by atoms with Crippen LogP contribution < -0.4 is 10.2 Å². The van der Waals surface area contributed by atoms with Gasteiger partial charge in [0.15, 0.2) is 0 Å². The highest BCUT2D eigenvalue weighted by Gasteiger charge is 2.19. The summed E-state index contributed by atoms with van der Waals surface area (Å²) in [5.41, 5.74) is 1.79. The minimum absolute atomic E-state index is 0.0165. The number of nitrogens with zero attached hydrogens (tertiary/aromatic N) is 3. The van der Waals surface area contributed by atoms with Gasteiger partial charge >= 0.3 is 0 Å². The number of rotatable bonds is 5. The van der Waals surface area contributed by atoms with Gasteiger partial charge < -0.3 is 15.1 Å². The normalized spacial score (nSPS) is 16.5. The molecule has 0 bridgehead atoms. The Kier molecular flexibility index (Phi) is 5.66. The van der Waals surface area contributed by atoms with Crippen molar-refractivity contribution in [1.82, 2.24) is 9.88 Å². The summed E-state index contributed by atoms with van der Waals surface area (Å²) in [6.07, 6.45) is 2.52. The van der Waals surface area contributed by atoms with Crippen molar-refractivity contribution >= 4 is 17.4 Å². The van der Waals surface area contributed by atoms with Crippen LogP contribution in [0.4, 0.5) is 11.5 Å². The first kappa shape index (κ1) is 17.4. The molecule has 0 saturated carbocycles. The topological polar surface area (TPSA) is 48.5 Å². The van der Waals surface area contributed by atoms with E-state index in [4.69, 9.17) is 0 Å². The molecule has 0 radical (unpaired) electrons. The summed E-state index contributed by atoms with van der Waals surface area (Å²) in [6.45, 7) is 6.11. The number of nitrogens with one attached hydrogen (secondary N) is 1. The second-order valence-electron chi connectivity index (χ2n) is 6.56. The third-order valence-electron chi connectivity index (χ3n) is 4.77. The molecule has 0 aliphatic carbocycles. The Labute approximate surface area is 149 Å². The Hall–Kier alpha value is -2.40. The Morgan fingerprint density at radius 3 is 2.44 bits per heavy atom. The van der Waals surface area contributed by atoms with Crippen LogP contribution in [0.5, 0.6) is 0 Å². The van der Waals surface area contributed by atoms with E-state index in [1.807, 2.05) is 49.4 Å². The minimum atomic E-state index is -0.140. The standard InChI is InChI=1S/C20H26N4O/c1-3-18(16-7-5-4-6-8-16)20(25)22-17-9-10-19(21-15-17)24-13-11-23(2)12-14-24/h4-10,15,18H,3,11-14H2,1-2H3,(H,22,25). The molecule has 0 spiro atoms. The molecule has 1 saturated heterocycles. The van der Waals surface area contributed by atoms with Gasteiger partial charge in [-0.3, -0.25) is 4.79 Å². The molecular formula is C20H26N4O. The average Bonchev–Trinajstić information content (AvgIpc) is 2.65. The molecule has 1 unspecified atom stereocenters. The second kappa shape index (κ2) is 8.12. The van der Waals surface area contributed by atoms with Crippen LogP contribution in [-0.4, -0.2) is 49.0 Å². The lowest BCUT2D eigenvalue weighted by Gasteiger charge is -2.33. The van der Waals surface area contributed by atoms with Crippen molar-refractivity contribution in [3.63, 3.8) is 0 Å². The van der Waals surface area contributed by atoms with Gasteiger partial charge in [-0.2, -0.15) is 0 Å². The summed E-state index contributed by atoms with van der Waals surface area (Å²) in [6, 6.07) is 13.8. The highest BCUT2D eigenvalue weighted by atomic mass is 16.1. The van der Waals surface area contributed by atoms with Crippen LogP contribution in [0.1, 0.15) is 24.8 Å². The van der Waals surface area contributed by atoms with Crippen LogP contribution >= 0.6 is 0 Å². The fraction of sp³-hybridized carbons (Fsp3) is 0.400. The number of carbonyl (C=O) groups excluding carboxylic acids is 1. The highest BCUT2D eigenvalue weighted by Crippen LogP contribution is 2.22. The molecule has 1 aromatic carbocycles. The number of carbonyl (C=O) groups is 1. The van der Waals surface area contributed by atoms with Gasteiger partial charge in [0, 0.05) is 26.2 Å². The SMILES string of the molecule is CCC(C(=O)Nc1ccc(N2CCN(C)CC2)nc1)c1ccccc1. The fourth-order valence-corrected chi connectivity index (χ4v) is 3.17. The first-order chi connectivity index (χ1) is 12.2. The van der Waals surface area contributed by atoms with Crippen molar-refractivity contribution in [2.45, 2.75) is 19.3 Å². The summed E-state index contributed by atoms with van der Waals surface area (Å²) in [7, 11) is 2.14. The van der Waals surface area contributed by atoms with Crippen molar-refractivity contribution in [2.24, 2.45) is 0 Å². The smallest absolute Gasteiger partial charge is 0.231 e. The predicted octanol–water partition coefficient (Wildman–Crippen LogP) is 2.97. The van der Waals surface area contributed by atoms with Crippen LogP contribution in [0.15, 0.2) is 48.7 Å². The molecule has 2 aromatic rings. The number of piperazine rings is 1. The van der Waals surface area contributed by atoms with E-state index in [-0.39, 0.29) is 11.8 Å². The van der Waals surface area contributed by atoms with Crippen LogP contribution in [0.2, 0.25) is 0 Å². The van der Waals surface area contributed by atoms with Crippen LogP contribution in [0.25, 0.3) is 0 Å². The molecule has 1 fully saturated rings. The molecule has 1 atom stereocenters. The van der Waals surface area contributed by atoms with Gasteiger partial charge in [0.2, 0.25) is 5.91 Å². The summed E-state index contributed by atoms with van der Waals surface area (Å²) >= 11 is 0. The molecule has 3 rings (SSSR count). The van der Waals surface area contributed by atoms with Gasteiger partial charge in [0.1, 0.15) is 5.82 Å². The van der Waals surface area contributed by atoms with Gasteiger partial charge in [-0.15, -0.1) is 0 Å². The molecule has 1 aliphatic heterocycles. The number of anilines is 2. The monoisotopic (exact) mass is 338 g/mol. The van der Waals surface area contributed by atoms with Gasteiger partial charge in [-0.25, -0.2) is 4.98 Å². The quantitative estimate of drug-likeness (QED) is 0.910. The van der Waals surface area contributed by atoms with E-state index in [1.165, 1.54) is 0 Å². The number of benzene rings is 1. The van der Waals surface area contributed by atoms with Crippen LogP contribution in [-0.2, 0) is 4.79 Å².